The van der Waals surface area contributed by atoms with Crippen molar-refractivity contribution in [2.24, 2.45) is 5.73 Å². The highest BCUT2D eigenvalue weighted by Crippen LogP contribution is 2.20. The molecule has 1 rings (SSSR count). The zero-order valence-corrected chi connectivity index (χ0v) is 10.1. The Kier molecular flexibility index (Phi) is 6.96. The molecule has 1 aromatic carbocycles. The fourth-order valence-electron chi connectivity index (χ4n) is 1.15. The topological polar surface area (TPSA) is 66.5 Å². The van der Waals surface area contributed by atoms with Gasteiger partial charge in [-0.15, -0.1) is 24.2 Å². The second kappa shape index (κ2) is 7.09. The van der Waals surface area contributed by atoms with E-state index in [1.54, 1.807) is 11.8 Å². The molecule has 5 heteroatoms. The van der Waals surface area contributed by atoms with Gasteiger partial charge in [-0.25, -0.2) is 0 Å². The molecule has 1 aromatic rings. The molecule has 0 aromatic heterocycles. The number of nitrogens with two attached hydrogens (primary N) is 1. The van der Waals surface area contributed by atoms with Crippen molar-refractivity contribution in [1.29, 1.82) is 0 Å². The van der Waals surface area contributed by atoms with Gasteiger partial charge in [0.2, 0.25) is 0 Å². The zero-order valence-electron chi connectivity index (χ0n) is 8.46. The summed E-state index contributed by atoms with van der Waals surface area (Å²) in [6.07, 6.45) is 1.20. The lowest BCUT2D eigenvalue weighted by Crippen LogP contribution is -2.31. The van der Waals surface area contributed by atoms with Crippen LogP contribution in [0.5, 0.6) is 0 Å². The van der Waals surface area contributed by atoms with Gasteiger partial charge in [-0.1, -0.05) is 12.1 Å². The third-order valence-electron chi connectivity index (χ3n) is 2.07. The Bertz CT molecular complexity index is 281. The Balaban J connectivity index is 0.00000196. The van der Waals surface area contributed by atoms with E-state index < -0.39 is 12.1 Å². The third kappa shape index (κ3) is 4.01. The number of thioether (sulfide) groups is 1. The summed E-state index contributed by atoms with van der Waals surface area (Å²) >= 11 is 1.64. The average molecular weight is 250 g/mol. The van der Waals surface area contributed by atoms with Crippen molar-refractivity contribution in [3.8, 4) is 0 Å². The number of aliphatic hydroxyl groups excluding tert-OH is 2. The lowest BCUT2D eigenvalue weighted by Gasteiger charge is -2.16. The van der Waals surface area contributed by atoms with Crippen LogP contribution in [0.25, 0.3) is 0 Å². The van der Waals surface area contributed by atoms with E-state index in [1.807, 2.05) is 30.5 Å². The van der Waals surface area contributed by atoms with Crippen molar-refractivity contribution in [3.05, 3.63) is 29.8 Å². The SMILES string of the molecule is CSc1ccc([C@@H](O)[C@H](N)CO)cc1.Cl. The van der Waals surface area contributed by atoms with Gasteiger partial charge >= 0.3 is 0 Å². The smallest absolute Gasteiger partial charge is 0.0963 e. The molecule has 0 amide bonds. The monoisotopic (exact) mass is 249 g/mol. The van der Waals surface area contributed by atoms with Crippen LogP contribution in [-0.4, -0.2) is 29.1 Å². The fourth-order valence-corrected chi connectivity index (χ4v) is 1.56. The highest BCUT2D eigenvalue weighted by molar-refractivity contribution is 7.98. The Labute approximate surface area is 100 Å². The van der Waals surface area contributed by atoms with Crippen molar-refractivity contribution >= 4 is 24.2 Å². The molecule has 0 fully saturated rings. The fraction of sp³-hybridized carbons (Fsp3) is 0.400. The minimum Gasteiger partial charge on any atom is -0.395 e. The van der Waals surface area contributed by atoms with Crippen molar-refractivity contribution in [1.82, 2.24) is 0 Å². The van der Waals surface area contributed by atoms with E-state index in [-0.39, 0.29) is 19.0 Å². The van der Waals surface area contributed by atoms with Crippen LogP contribution in [0.1, 0.15) is 11.7 Å². The van der Waals surface area contributed by atoms with Gasteiger partial charge in [0.1, 0.15) is 0 Å². The molecule has 0 radical (unpaired) electrons. The van der Waals surface area contributed by atoms with Gasteiger partial charge in [0, 0.05) is 4.90 Å². The maximum absolute atomic E-state index is 9.66. The maximum atomic E-state index is 9.66. The Morgan fingerprint density at radius 1 is 1.33 bits per heavy atom. The molecule has 0 saturated heterocycles. The molecule has 0 heterocycles. The van der Waals surface area contributed by atoms with E-state index in [1.165, 1.54) is 0 Å². The third-order valence-corrected chi connectivity index (χ3v) is 2.82. The number of rotatable bonds is 4. The van der Waals surface area contributed by atoms with Gasteiger partial charge in [-0.05, 0) is 24.0 Å². The van der Waals surface area contributed by atoms with Crippen molar-refractivity contribution in [2.75, 3.05) is 12.9 Å². The van der Waals surface area contributed by atoms with Gasteiger partial charge in [-0.2, -0.15) is 0 Å². The predicted molar refractivity (Wildman–Crippen MR) is 65.5 cm³/mol. The number of halogens is 1. The summed E-state index contributed by atoms with van der Waals surface area (Å²) in [6.45, 7) is -0.217. The normalized spacial score (nSPS) is 14.1. The number of hydrogen-bond donors (Lipinski definition) is 3. The van der Waals surface area contributed by atoms with E-state index in [0.29, 0.717) is 0 Å². The molecule has 86 valence electrons. The minimum absolute atomic E-state index is 0. The summed E-state index contributed by atoms with van der Waals surface area (Å²) in [6, 6.07) is 6.88. The van der Waals surface area contributed by atoms with E-state index in [4.69, 9.17) is 10.8 Å². The van der Waals surface area contributed by atoms with Gasteiger partial charge in [0.15, 0.2) is 0 Å². The quantitative estimate of drug-likeness (QED) is 0.702. The van der Waals surface area contributed by atoms with Crippen LogP contribution >= 0.6 is 24.2 Å². The van der Waals surface area contributed by atoms with Crippen molar-refractivity contribution in [2.45, 2.75) is 17.0 Å². The maximum Gasteiger partial charge on any atom is 0.0963 e. The molecule has 0 spiro atoms. The molecule has 0 unspecified atom stereocenters. The van der Waals surface area contributed by atoms with Crippen LogP contribution in [0.4, 0.5) is 0 Å². The molecule has 0 aliphatic heterocycles. The van der Waals surface area contributed by atoms with E-state index in [9.17, 15) is 5.11 Å². The molecule has 3 nitrogen and oxygen atoms in total. The summed E-state index contributed by atoms with van der Waals surface area (Å²) in [4.78, 5) is 1.14. The van der Waals surface area contributed by atoms with Gasteiger partial charge < -0.3 is 15.9 Å². The first kappa shape index (κ1) is 14.7. The van der Waals surface area contributed by atoms with E-state index >= 15 is 0 Å². The summed E-state index contributed by atoms with van der Waals surface area (Å²) in [7, 11) is 0. The second-order valence-electron chi connectivity index (χ2n) is 3.06. The summed E-state index contributed by atoms with van der Waals surface area (Å²) < 4.78 is 0. The molecule has 2 atom stereocenters. The lowest BCUT2D eigenvalue weighted by atomic mass is 10.0. The highest BCUT2D eigenvalue weighted by atomic mass is 35.5. The molecule has 0 saturated carbocycles. The summed E-state index contributed by atoms with van der Waals surface area (Å²) in [5.41, 5.74) is 6.25. The lowest BCUT2D eigenvalue weighted by molar-refractivity contribution is 0.109. The van der Waals surface area contributed by atoms with Crippen LogP contribution in [-0.2, 0) is 0 Å². The van der Waals surface area contributed by atoms with Crippen LogP contribution < -0.4 is 5.73 Å². The number of benzene rings is 1. The molecular formula is C10H16ClNO2S. The molecule has 0 aliphatic carbocycles. The molecule has 0 aliphatic rings. The summed E-state index contributed by atoms with van der Waals surface area (Å²) in [5, 5.41) is 18.4. The number of aliphatic hydroxyl groups is 2. The molecule has 0 bridgehead atoms. The standard InChI is InChI=1S/C10H15NO2S.ClH/c1-14-8-4-2-7(3-5-8)10(13)9(11)6-12;/h2-5,9-10,12-13H,6,11H2,1H3;1H/t9-,10-;/m1./s1. The summed E-state index contributed by atoms with van der Waals surface area (Å²) in [5.74, 6) is 0. The van der Waals surface area contributed by atoms with Crippen LogP contribution in [0.2, 0.25) is 0 Å². The van der Waals surface area contributed by atoms with E-state index in [2.05, 4.69) is 0 Å². The molecule has 15 heavy (non-hydrogen) atoms. The first-order chi connectivity index (χ1) is 6.69. The van der Waals surface area contributed by atoms with Crippen LogP contribution in [0.15, 0.2) is 29.2 Å². The number of hydrogen-bond acceptors (Lipinski definition) is 4. The van der Waals surface area contributed by atoms with Crippen molar-refractivity contribution in [3.63, 3.8) is 0 Å². The highest BCUT2D eigenvalue weighted by Gasteiger charge is 2.15. The second-order valence-corrected chi connectivity index (χ2v) is 3.94. The minimum atomic E-state index is -0.795. The Hall–Kier alpha value is -0.260. The largest absolute Gasteiger partial charge is 0.395 e. The van der Waals surface area contributed by atoms with Crippen LogP contribution in [0.3, 0.4) is 0 Å². The average Bonchev–Trinajstić information content (AvgIpc) is 2.27. The first-order valence-electron chi connectivity index (χ1n) is 4.37. The molecule has 4 N–H and O–H groups in total. The van der Waals surface area contributed by atoms with Crippen molar-refractivity contribution < 1.29 is 10.2 Å². The molecular weight excluding hydrogens is 234 g/mol. The van der Waals surface area contributed by atoms with E-state index in [0.717, 1.165) is 10.5 Å². The first-order valence-corrected chi connectivity index (χ1v) is 5.60. The Morgan fingerprint density at radius 3 is 2.27 bits per heavy atom. The van der Waals surface area contributed by atoms with Gasteiger partial charge in [0.25, 0.3) is 0 Å². The van der Waals surface area contributed by atoms with Gasteiger partial charge in [-0.3, -0.25) is 0 Å². The zero-order chi connectivity index (χ0) is 10.6. The Morgan fingerprint density at radius 2 is 1.87 bits per heavy atom. The van der Waals surface area contributed by atoms with Gasteiger partial charge in [0.05, 0.1) is 18.8 Å². The van der Waals surface area contributed by atoms with Crippen LogP contribution in [0, 0.1) is 0 Å². The predicted octanol–water partition coefficient (Wildman–Crippen LogP) is 1.18.